The van der Waals surface area contributed by atoms with E-state index >= 15 is 0 Å². The van der Waals surface area contributed by atoms with Gasteiger partial charge in [-0.15, -0.1) is 0 Å². The Kier molecular flexibility index (Phi) is 5.97. The molecular formula is C24H30N4O. The second-order valence-electron chi connectivity index (χ2n) is 8.10. The number of rotatable bonds is 7. The molecule has 0 spiro atoms. The van der Waals surface area contributed by atoms with E-state index in [-0.39, 0.29) is 5.91 Å². The lowest BCUT2D eigenvalue weighted by molar-refractivity contribution is -0.129. The molecule has 29 heavy (non-hydrogen) atoms. The van der Waals surface area contributed by atoms with Crippen molar-refractivity contribution in [1.82, 2.24) is 20.3 Å². The number of hydrogen-bond donors (Lipinski definition) is 2. The topological polar surface area (TPSA) is 49.3 Å². The largest absolute Gasteiger partial charge is 0.350 e. The fourth-order valence-corrected chi connectivity index (χ4v) is 4.28. The molecule has 2 aromatic carbocycles. The first kappa shape index (κ1) is 19.7. The first-order chi connectivity index (χ1) is 14.1. The number of hydrogen-bond acceptors (Lipinski definition) is 3. The standard InChI is InChI=1S/C24H30N4O/c1-27(24(29)15-19-17-28(2)23-13-7-6-12-21(19)23)14-8-11-20-16-22(26-25-20)18-9-4-3-5-10-18/h3-7,9-10,12-13,17,20,22,25-26H,8,11,14-16H2,1-2H3. The molecule has 1 aliphatic rings. The van der Waals surface area contributed by atoms with Gasteiger partial charge in [0.25, 0.3) is 0 Å². The molecule has 0 radical (unpaired) electrons. The van der Waals surface area contributed by atoms with Crippen molar-refractivity contribution in [3.63, 3.8) is 0 Å². The van der Waals surface area contributed by atoms with Gasteiger partial charge in [-0.1, -0.05) is 48.5 Å². The molecule has 5 nitrogen and oxygen atoms in total. The number of nitrogens with zero attached hydrogens (tertiary/aromatic N) is 2. The van der Waals surface area contributed by atoms with Crippen LogP contribution in [0.4, 0.5) is 0 Å². The summed E-state index contributed by atoms with van der Waals surface area (Å²) in [7, 11) is 3.95. The number of nitrogens with one attached hydrogen (secondary N) is 2. The molecule has 1 saturated heterocycles. The minimum atomic E-state index is 0.182. The minimum Gasteiger partial charge on any atom is -0.350 e. The Balaban J connectivity index is 1.24. The van der Waals surface area contributed by atoms with Crippen LogP contribution in [-0.4, -0.2) is 35.0 Å². The summed E-state index contributed by atoms with van der Waals surface area (Å²) in [4.78, 5) is 14.6. The third-order valence-corrected chi connectivity index (χ3v) is 5.98. The summed E-state index contributed by atoms with van der Waals surface area (Å²) in [6, 6.07) is 19.6. The lowest BCUT2D eigenvalue weighted by Gasteiger charge is -2.18. The van der Waals surface area contributed by atoms with Gasteiger partial charge < -0.3 is 9.47 Å². The van der Waals surface area contributed by atoms with Crippen LogP contribution in [-0.2, 0) is 18.3 Å². The van der Waals surface area contributed by atoms with Crippen molar-refractivity contribution in [2.24, 2.45) is 7.05 Å². The van der Waals surface area contributed by atoms with Gasteiger partial charge in [0, 0.05) is 49.8 Å². The lowest BCUT2D eigenvalue weighted by Crippen LogP contribution is -2.33. The predicted octanol–water partition coefficient (Wildman–Crippen LogP) is 3.57. The second kappa shape index (κ2) is 8.80. The van der Waals surface area contributed by atoms with Crippen molar-refractivity contribution in [1.29, 1.82) is 0 Å². The van der Waals surface area contributed by atoms with Gasteiger partial charge in [-0.3, -0.25) is 15.6 Å². The summed E-state index contributed by atoms with van der Waals surface area (Å²) >= 11 is 0. The molecular weight excluding hydrogens is 360 g/mol. The van der Waals surface area contributed by atoms with Crippen LogP contribution in [0.25, 0.3) is 10.9 Å². The van der Waals surface area contributed by atoms with E-state index in [2.05, 4.69) is 64.1 Å². The van der Waals surface area contributed by atoms with Gasteiger partial charge in [-0.05, 0) is 36.5 Å². The number of likely N-dealkylation sites (N-methyl/N-ethyl adjacent to an activating group) is 1. The van der Waals surface area contributed by atoms with Crippen LogP contribution >= 0.6 is 0 Å². The highest BCUT2D eigenvalue weighted by Gasteiger charge is 2.24. The molecule has 2 unspecified atom stereocenters. The number of benzene rings is 2. The number of amides is 1. The van der Waals surface area contributed by atoms with Crippen LogP contribution in [0.15, 0.2) is 60.8 Å². The molecule has 4 rings (SSSR count). The van der Waals surface area contributed by atoms with Crippen LogP contribution < -0.4 is 10.9 Å². The van der Waals surface area contributed by atoms with E-state index in [0.717, 1.165) is 31.4 Å². The van der Waals surface area contributed by atoms with E-state index in [0.29, 0.717) is 18.5 Å². The van der Waals surface area contributed by atoms with Crippen LogP contribution in [0.3, 0.4) is 0 Å². The molecule has 2 heterocycles. The Labute approximate surface area is 172 Å². The first-order valence-electron chi connectivity index (χ1n) is 10.4. The molecule has 1 aromatic heterocycles. The third-order valence-electron chi connectivity index (χ3n) is 5.98. The quantitative estimate of drug-likeness (QED) is 0.648. The van der Waals surface area contributed by atoms with E-state index in [1.165, 1.54) is 16.5 Å². The van der Waals surface area contributed by atoms with Gasteiger partial charge in [-0.25, -0.2) is 0 Å². The number of carbonyl (C=O) groups is 1. The molecule has 0 aliphatic carbocycles. The third kappa shape index (κ3) is 4.52. The van der Waals surface area contributed by atoms with Crippen LogP contribution in [0.5, 0.6) is 0 Å². The second-order valence-corrected chi connectivity index (χ2v) is 8.10. The van der Waals surface area contributed by atoms with Crippen molar-refractivity contribution in [2.45, 2.75) is 37.8 Å². The molecule has 2 atom stereocenters. The van der Waals surface area contributed by atoms with E-state index in [1.54, 1.807) is 0 Å². The van der Waals surface area contributed by atoms with Crippen molar-refractivity contribution in [3.05, 3.63) is 71.9 Å². The van der Waals surface area contributed by atoms with Crippen molar-refractivity contribution >= 4 is 16.8 Å². The van der Waals surface area contributed by atoms with Crippen LogP contribution in [0, 0.1) is 0 Å². The summed E-state index contributed by atoms with van der Waals surface area (Å²) in [5, 5.41) is 1.17. The zero-order valence-corrected chi connectivity index (χ0v) is 17.3. The number of fused-ring (bicyclic) bond motifs is 1. The van der Waals surface area contributed by atoms with Gasteiger partial charge in [0.2, 0.25) is 5.91 Å². The van der Waals surface area contributed by atoms with Gasteiger partial charge in [0.15, 0.2) is 0 Å². The zero-order chi connectivity index (χ0) is 20.2. The molecule has 5 heteroatoms. The fourth-order valence-electron chi connectivity index (χ4n) is 4.28. The molecule has 1 fully saturated rings. The highest BCUT2D eigenvalue weighted by atomic mass is 16.2. The van der Waals surface area contributed by atoms with Crippen LogP contribution in [0.1, 0.15) is 36.4 Å². The Bertz CT molecular complexity index is 965. The summed E-state index contributed by atoms with van der Waals surface area (Å²) in [5.41, 5.74) is 10.4. The van der Waals surface area contributed by atoms with E-state index < -0.39 is 0 Å². The van der Waals surface area contributed by atoms with E-state index in [1.807, 2.05) is 31.1 Å². The Hall–Kier alpha value is -2.63. The molecule has 0 bridgehead atoms. The normalized spacial score (nSPS) is 19.0. The van der Waals surface area contributed by atoms with Crippen molar-refractivity contribution in [2.75, 3.05) is 13.6 Å². The van der Waals surface area contributed by atoms with Gasteiger partial charge >= 0.3 is 0 Å². The summed E-state index contributed by atoms with van der Waals surface area (Å²) in [5.74, 6) is 0.182. The summed E-state index contributed by atoms with van der Waals surface area (Å²) < 4.78 is 2.10. The highest BCUT2D eigenvalue weighted by Crippen LogP contribution is 2.24. The minimum absolute atomic E-state index is 0.182. The highest BCUT2D eigenvalue weighted by molar-refractivity contribution is 5.89. The monoisotopic (exact) mass is 390 g/mol. The van der Waals surface area contributed by atoms with Gasteiger partial charge in [0.05, 0.1) is 6.42 Å². The Morgan fingerprint density at radius 2 is 1.86 bits per heavy atom. The first-order valence-corrected chi connectivity index (χ1v) is 10.4. The maximum absolute atomic E-state index is 12.7. The predicted molar refractivity (Wildman–Crippen MR) is 117 cm³/mol. The van der Waals surface area contributed by atoms with Crippen molar-refractivity contribution < 1.29 is 4.79 Å². The molecule has 1 amide bonds. The molecule has 3 aromatic rings. The number of aryl methyl sites for hydroxylation is 1. The molecule has 0 saturated carbocycles. The SMILES string of the molecule is CN(CCCC1CC(c2ccccc2)NN1)C(=O)Cc1cn(C)c2ccccc12. The number of aromatic nitrogens is 1. The maximum Gasteiger partial charge on any atom is 0.226 e. The van der Waals surface area contributed by atoms with E-state index in [4.69, 9.17) is 0 Å². The lowest BCUT2D eigenvalue weighted by atomic mass is 10.00. The Morgan fingerprint density at radius 1 is 1.10 bits per heavy atom. The van der Waals surface area contributed by atoms with Gasteiger partial charge in [0.1, 0.15) is 0 Å². The van der Waals surface area contributed by atoms with Gasteiger partial charge in [-0.2, -0.15) is 0 Å². The maximum atomic E-state index is 12.7. The summed E-state index contributed by atoms with van der Waals surface area (Å²) in [6.07, 6.45) is 5.67. The average molecular weight is 391 g/mol. The number of carbonyl (C=O) groups excluding carboxylic acids is 1. The molecule has 2 N–H and O–H groups in total. The zero-order valence-electron chi connectivity index (χ0n) is 17.3. The van der Waals surface area contributed by atoms with Crippen LogP contribution in [0.2, 0.25) is 0 Å². The Morgan fingerprint density at radius 3 is 2.69 bits per heavy atom. The summed E-state index contributed by atoms with van der Waals surface area (Å²) in [6.45, 7) is 0.789. The average Bonchev–Trinajstić information content (AvgIpc) is 3.34. The number of para-hydroxylation sites is 1. The fraction of sp³-hybridized carbons (Fsp3) is 0.375. The van der Waals surface area contributed by atoms with E-state index in [9.17, 15) is 4.79 Å². The molecule has 152 valence electrons. The van der Waals surface area contributed by atoms with Crippen molar-refractivity contribution in [3.8, 4) is 0 Å². The molecule has 1 aliphatic heterocycles. The smallest absolute Gasteiger partial charge is 0.226 e. The number of hydrazine groups is 1.